The number of anilines is 1. The van der Waals surface area contributed by atoms with E-state index in [0.717, 1.165) is 11.6 Å². The highest BCUT2D eigenvalue weighted by molar-refractivity contribution is 5.94. The van der Waals surface area contributed by atoms with Gasteiger partial charge in [0, 0.05) is 16.5 Å². The van der Waals surface area contributed by atoms with E-state index in [1.54, 1.807) is 16.7 Å². The van der Waals surface area contributed by atoms with Crippen LogP contribution in [0.5, 0.6) is 0 Å². The van der Waals surface area contributed by atoms with Crippen molar-refractivity contribution in [3.05, 3.63) is 53.1 Å². The van der Waals surface area contributed by atoms with Crippen LogP contribution >= 0.6 is 0 Å². The molecule has 1 fully saturated rings. The van der Waals surface area contributed by atoms with Crippen molar-refractivity contribution < 1.29 is 0 Å². The highest BCUT2D eigenvalue weighted by Crippen LogP contribution is 2.59. The normalized spacial score (nSPS) is 29.9. The van der Waals surface area contributed by atoms with Crippen molar-refractivity contribution in [1.29, 1.82) is 0 Å². The summed E-state index contributed by atoms with van der Waals surface area (Å²) >= 11 is 0. The maximum absolute atomic E-state index is 6.19. The predicted octanol–water partition coefficient (Wildman–Crippen LogP) is 4.74. The van der Waals surface area contributed by atoms with Crippen molar-refractivity contribution >= 4 is 16.5 Å². The van der Waals surface area contributed by atoms with Crippen LogP contribution in [0.4, 0.5) is 5.69 Å². The summed E-state index contributed by atoms with van der Waals surface area (Å²) in [4.78, 5) is 0. The maximum atomic E-state index is 6.19. The van der Waals surface area contributed by atoms with Crippen LogP contribution in [0, 0.1) is 5.92 Å². The summed E-state index contributed by atoms with van der Waals surface area (Å²) in [7, 11) is 0. The Morgan fingerprint density at radius 3 is 2.95 bits per heavy atom. The van der Waals surface area contributed by atoms with Gasteiger partial charge in [-0.2, -0.15) is 0 Å². The molecule has 1 heteroatoms. The molecule has 2 unspecified atom stereocenters. The molecule has 2 atom stereocenters. The van der Waals surface area contributed by atoms with Crippen LogP contribution < -0.4 is 5.73 Å². The van der Waals surface area contributed by atoms with Crippen molar-refractivity contribution in [3.63, 3.8) is 0 Å². The molecule has 0 aliphatic heterocycles. The lowest BCUT2D eigenvalue weighted by molar-refractivity contribution is 0.270. The van der Waals surface area contributed by atoms with Gasteiger partial charge in [-0.1, -0.05) is 29.8 Å². The van der Waals surface area contributed by atoms with E-state index >= 15 is 0 Å². The average Bonchev–Trinajstić information content (AvgIpc) is 3.08. The first-order chi connectivity index (χ1) is 10.3. The molecule has 1 spiro atoms. The molecule has 2 bridgehead atoms. The molecule has 2 aromatic carbocycles. The van der Waals surface area contributed by atoms with E-state index < -0.39 is 0 Å². The smallest absolute Gasteiger partial charge is 0.0393 e. The Hall–Kier alpha value is -1.76. The Balaban J connectivity index is 1.78. The van der Waals surface area contributed by atoms with Crippen molar-refractivity contribution in [1.82, 2.24) is 0 Å². The first kappa shape index (κ1) is 11.9. The number of allylic oxidation sites excluding steroid dienone is 2. The van der Waals surface area contributed by atoms with E-state index in [0.29, 0.717) is 5.41 Å². The molecule has 1 saturated carbocycles. The van der Waals surface area contributed by atoms with Crippen LogP contribution in [-0.2, 0) is 11.8 Å². The molecule has 0 aromatic heterocycles. The molecular weight excluding hydrogens is 254 g/mol. The van der Waals surface area contributed by atoms with E-state index in [1.165, 1.54) is 49.3 Å². The maximum Gasteiger partial charge on any atom is 0.0393 e. The Labute approximate surface area is 125 Å². The zero-order valence-electron chi connectivity index (χ0n) is 12.4. The zero-order valence-corrected chi connectivity index (χ0v) is 12.4. The second-order valence-electron chi connectivity index (χ2n) is 7.26. The third-order valence-corrected chi connectivity index (χ3v) is 6.27. The summed E-state index contributed by atoms with van der Waals surface area (Å²) < 4.78 is 0. The third-order valence-electron chi connectivity index (χ3n) is 6.27. The first-order valence-electron chi connectivity index (χ1n) is 8.26. The lowest BCUT2D eigenvalue weighted by atomic mass is 9.62. The van der Waals surface area contributed by atoms with E-state index in [9.17, 15) is 0 Å². The molecule has 106 valence electrons. The minimum atomic E-state index is 0.455. The minimum absolute atomic E-state index is 0.455. The van der Waals surface area contributed by atoms with E-state index in [2.05, 4.69) is 30.3 Å². The molecule has 0 amide bonds. The van der Waals surface area contributed by atoms with Gasteiger partial charge in [-0.05, 0) is 73.1 Å². The molecule has 3 aliphatic carbocycles. The first-order valence-corrected chi connectivity index (χ1v) is 8.26. The number of benzene rings is 2. The number of aryl methyl sites for hydroxylation is 1. The fourth-order valence-electron chi connectivity index (χ4n) is 5.31. The molecule has 5 rings (SSSR count). The summed E-state index contributed by atoms with van der Waals surface area (Å²) in [6, 6.07) is 11.2. The molecule has 3 aliphatic rings. The number of hydrogen-bond donors (Lipinski definition) is 1. The number of rotatable bonds is 0. The number of fused-ring (bicyclic) bond motifs is 6. The van der Waals surface area contributed by atoms with Gasteiger partial charge in [0.25, 0.3) is 0 Å². The number of nitrogens with two attached hydrogens (primary N) is 1. The lowest BCUT2D eigenvalue weighted by Gasteiger charge is -2.42. The van der Waals surface area contributed by atoms with Crippen LogP contribution in [0.2, 0.25) is 0 Å². The SMILES string of the molecule is Nc1cccc2cc3c(cc12)CCCC31CC2=CCC1C2. The van der Waals surface area contributed by atoms with E-state index in [1.807, 2.05) is 6.07 Å². The summed E-state index contributed by atoms with van der Waals surface area (Å²) in [6.45, 7) is 0. The highest BCUT2D eigenvalue weighted by Gasteiger charge is 2.49. The summed E-state index contributed by atoms with van der Waals surface area (Å²) in [6.07, 6.45) is 10.4. The average molecular weight is 275 g/mol. The largest absolute Gasteiger partial charge is 0.398 e. The molecular formula is C20H21N. The fourth-order valence-corrected chi connectivity index (χ4v) is 5.31. The van der Waals surface area contributed by atoms with E-state index in [4.69, 9.17) is 5.73 Å². The molecule has 2 N–H and O–H groups in total. The van der Waals surface area contributed by atoms with Gasteiger partial charge in [-0.3, -0.25) is 0 Å². The molecule has 0 saturated heterocycles. The zero-order chi connectivity index (χ0) is 14.0. The predicted molar refractivity (Wildman–Crippen MR) is 88.4 cm³/mol. The standard InChI is InChI=1S/C20H21N/c21-19-5-1-3-14-11-18-15(10-17(14)19)4-2-8-20(18)12-13-6-7-16(20)9-13/h1,3,5-6,10-11,16H,2,4,7-9,12,21H2. The molecule has 0 heterocycles. The van der Waals surface area contributed by atoms with Crippen LogP contribution in [0.15, 0.2) is 42.0 Å². The summed E-state index contributed by atoms with van der Waals surface area (Å²) in [5.74, 6) is 0.866. The fraction of sp³-hybridized carbons (Fsp3) is 0.400. The topological polar surface area (TPSA) is 26.0 Å². The Bertz CT molecular complexity index is 786. The lowest BCUT2D eigenvalue weighted by Crippen LogP contribution is -2.35. The van der Waals surface area contributed by atoms with Gasteiger partial charge < -0.3 is 5.73 Å². The van der Waals surface area contributed by atoms with Crippen LogP contribution in [-0.4, -0.2) is 0 Å². The minimum Gasteiger partial charge on any atom is -0.398 e. The Morgan fingerprint density at radius 1 is 1.19 bits per heavy atom. The van der Waals surface area contributed by atoms with Crippen molar-refractivity contribution in [2.45, 2.75) is 43.9 Å². The van der Waals surface area contributed by atoms with Crippen LogP contribution in [0.3, 0.4) is 0 Å². The Kier molecular flexibility index (Phi) is 2.21. The van der Waals surface area contributed by atoms with Crippen molar-refractivity contribution in [3.8, 4) is 0 Å². The monoisotopic (exact) mass is 275 g/mol. The molecule has 21 heavy (non-hydrogen) atoms. The molecule has 2 aromatic rings. The van der Waals surface area contributed by atoms with Crippen molar-refractivity contribution in [2.24, 2.45) is 5.92 Å². The quantitative estimate of drug-likeness (QED) is 0.545. The van der Waals surface area contributed by atoms with Gasteiger partial charge in [0.15, 0.2) is 0 Å². The number of hydrogen-bond acceptors (Lipinski definition) is 1. The molecule has 1 nitrogen and oxygen atoms in total. The summed E-state index contributed by atoms with van der Waals surface area (Å²) in [5, 5.41) is 2.57. The van der Waals surface area contributed by atoms with Gasteiger partial charge in [-0.25, -0.2) is 0 Å². The van der Waals surface area contributed by atoms with Gasteiger partial charge in [-0.15, -0.1) is 0 Å². The number of nitrogen functional groups attached to an aromatic ring is 1. The van der Waals surface area contributed by atoms with Crippen LogP contribution in [0.1, 0.15) is 43.2 Å². The van der Waals surface area contributed by atoms with Crippen LogP contribution in [0.25, 0.3) is 10.8 Å². The van der Waals surface area contributed by atoms with Gasteiger partial charge >= 0.3 is 0 Å². The van der Waals surface area contributed by atoms with Gasteiger partial charge in [0.2, 0.25) is 0 Å². The molecule has 0 radical (unpaired) electrons. The third kappa shape index (κ3) is 1.47. The second-order valence-corrected chi connectivity index (χ2v) is 7.26. The van der Waals surface area contributed by atoms with E-state index in [-0.39, 0.29) is 0 Å². The summed E-state index contributed by atoms with van der Waals surface area (Å²) in [5.41, 5.74) is 12.5. The highest BCUT2D eigenvalue weighted by atomic mass is 14.6. The second kappa shape index (κ2) is 3.91. The van der Waals surface area contributed by atoms with Gasteiger partial charge in [0.1, 0.15) is 0 Å². The van der Waals surface area contributed by atoms with Crippen molar-refractivity contribution in [2.75, 3.05) is 5.73 Å². The Morgan fingerprint density at radius 2 is 2.14 bits per heavy atom. The van der Waals surface area contributed by atoms with Gasteiger partial charge in [0.05, 0.1) is 0 Å².